The summed E-state index contributed by atoms with van der Waals surface area (Å²) in [7, 11) is -3.21. The zero-order chi connectivity index (χ0) is 14.8. The zero-order valence-corrected chi connectivity index (χ0v) is 12.7. The molecule has 1 fully saturated rings. The van der Waals surface area contributed by atoms with E-state index >= 15 is 0 Å². The first kappa shape index (κ1) is 15.9. The summed E-state index contributed by atoms with van der Waals surface area (Å²) >= 11 is 0. The van der Waals surface area contributed by atoms with Crippen LogP contribution in [0.2, 0.25) is 0 Å². The van der Waals surface area contributed by atoms with Crippen LogP contribution in [0.5, 0.6) is 0 Å². The minimum atomic E-state index is -3.21. The van der Waals surface area contributed by atoms with Crippen LogP contribution in [0, 0.1) is 0 Å². The van der Waals surface area contributed by atoms with Gasteiger partial charge < -0.3 is 10.2 Å². The lowest BCUT2D eigenvalue weighted by atomic mass is 9.94. The Morgan fingerprint density at radius 2 is 1.95 bits per heavy atom. The number of hydrogen-bond donors (Lipinski definition) is 1. The molecule has 1 atom stereocenters. The standard InChI is InChI=1S/C12H22N2O4S/c1-5-12(4)11(16)14(8-10(15)13-12)6-7-19(17,18)9(2)3/h9H,5-8H2,1-4H3,(H,13,15). The van der Waals surface area contributed by atoms with Gasteiger partial charge in [-0.2, -0.15) is 0 Å². The van der Waals surface area contributed by atoms with Gasteiger partial charge in [0.2, 0.25) is 11.8 Å². The van der Waals surface area contributed by atoms with Crippen molar-refractivity contribution >= 4 is 21.7 Å². The fourth-order valence-corrected chi connectivity index (χ4v) is 2.83. The van der Waals surface area contributed by atoms with Crippen molar-refractivity contribution in [3.05, 3.63) is 0 Å². The van der Waals surface area contributed by atoms with Crippen LogP contribution >= 0.6 is 0 Å². The van der Waals surface area contributed by atoms with Crippen molar-refractivity contribution in [2.45, 2.75) is 44.9 Å². The molecule has 7 heteroatoms. The molecule has 1 aliphatic rings. The van der Waals surface area contributed by atoms with E-state index in [4.69, 9.17) is 0 Å². The number of nitrogens with zero attached hydrogens (tertiary/aromatic N) is 1. The molecule has 0 aliphatic carbocycles. The lowest BCUT2D eigenvalue weighted by Gasteiger charge is -2.39. The Balaban J connectivity index is 2.78. The summed E-state index contributed by atoms with van der Waals surface area (Å²) in [5.74, 6) is -0.566. The Hall–Kier alpha value is -1.11. The summed E-state index contributed by atoms with van der Waals surface area (Å²) in [6.45, 7) is 6.69. The SMILES string of the molecule is CCC1(C)NC(=O)CN(CCS(=O)(=O)C(C)C)C1=O. The second-order valence-corrected chi connectivity index (χ2v) is 8.05. The quantitative estimate of drug-likeness (QED) is 0.768. The van der Waals surface area contributed by atoms with Crippen molar-refractivity contribution in [2.24, 2.45) is 0 Å². The summed E-state index contributed by atoms with van der Waals surface area (Å²) < 4.78 is 23.5. The Labute approximate surface area is 114 Å². The molecule has 2 amide bonds. The van der Waals surface area contributed by atoms with Crippen LogP contribution in [0.25, 0.3) is 0 Å². The predicted octanol–water partition coefficient (Wildman–Crippen LogP) is -0.0633. The smallest absolute Gasteiger partial charge is 0.248 e. The molecule has 1 heterocycles. The Kier molecular flexibility index (Phi) is 4.60. The van der Waals surface area contributed by atoms with Gasteiger partial charge in [-0.05, 0) is 27.2 Å². The lowest BCUT2D eigenvalue weighted by molar-refractivity contribution is -0.149. The molecule has 0 spiro atoms. The van der Waals surface area contributed by atoms with Crippen LogP contribution in [-0.4, -0.2) is 54.8 Å². The van der Waals surface area contributed by atoms with E-state index in [2.05, 4.69) is 5.32 Å². The zero-order valence-electron chi connectivity index (χ0n) is 11.9. The first-order chi connectivity index (χ1) is 8.62. The fraction of sp³-hybridized carbons (Fsp3) is 0.833. The predicted molar refractivity (Wildman–Crippen MR) is 72.3 cm³/mol. The molecule has 0 aromatic rings. The van der Waals surface area contributed by atoms with E-state index < -0.39 is 20.6 Å². The maximum atomic E-state index is 12.2. The average molecular weight is 290 g/mol. The first-order valence-electron chi connectivity index (χ1n) is 6.44. The highest BCUT2D eigenvalue weighted by atomic mass is 32.2. The molecule has 6 nitrogen and oxygen atoms in total. The second-order valence-electron chi connectivity index (χ2n) is 5.38. The van der Waals surface area contributed by atoms with Crippen LogP contribution in [0.4, 0.5) is 0 Å². The van der Waals surface area contributed by atoms with Gasteiger partial charge in [-0.1, -0.05) is 6.92 Å². The maximum Gasteiger partial charge on any atom is 0.248 e. The molecule has 1 saturated heterocycles. The van der Waals surface area contributed by atoms with E-state index in [-0.39, 0.29) is 30.7 Å². The van der Waals surface area contributed by atoms with Crippen LogP contribution in [0.1, 0.15) is 34.1 Å². The topological polar surface area (TPSA) is 83.6 Å². The molecule has 1 N–H and O–H groups in total. The molecule has 0 aromatic carbocycles. The van der Waals surface area contributed by atoms with Gasteiger partial charge in [-0.15, -0.1) is 0 Å². The van der Waals surface area contributed by atoms with Crippen molar-refractivity contribution < 1.29 is 18.0 Å². The average Bonchev–Trinajstić information content (AvgIpc) is 2.31. The number of piperazine rings is 1. The molecule has 0 radical (unpaired) electrons. The van der Waals surface area contributed by atoms with Crippen molar-refractivity contribution in [3.63, 3.8) is 0 Å². The normalized spacial score (nSPS) is 24.8. The van der Waals surface area contributed by atoms with Crippen LogP contribution in [-0.2, 0) is 19.4 Å². The summed E-state index contributed by atoms with van der Waals surface area (Å²) in [5.41, 5.74) is -0.920. The number of carbonyl (C=O) groups is 2. The van der Waals surface area contributed by atoms with E-state index in [0.717, 1.165) is 0 Å². The second kappa shape index (κ2) is 5.48. The van der Waals surface area contributed by atoms with Crippen molar-refractivity contribution in [1.29, 1.82) is 0 Å². The highest BCUT2D eigenvalue weighted by Crippen LogP contribution is 2.17. The van der Waals surface area contributed by atoms with Gasteiger partial charge in [0.25, 0.3) is 0 Å². The van der Waals surface area contributed by atoms with Gasteiger partial charge in [-0.25, -0.2) is 8.42 Å². The summed E-state index contributed by atoms with van der Waals surface area (Å²) in [4.78, 5) is 25.2. The summed E-state index contributed by atoms with van der Waals surface area (Å²) in [6.07, 6.45) is 0.477. The largest absolute Gasteiger partial charge is 0.340 e. The molecule has 0 saturated carbocycles. The highest BCUT2D eigenvalue weighted by molar-refractivity contribution is 7.92. The summed E-state index contributed by atoms with van der Waals surface area (Å²) in [6, 6.07) is 0. The van der Waals surface area contributed by atoms with E-state index in [1.54, 1.807) is 20.8 Å². The van der Waals surface area contributed by atoms with Crippen LogP contribution in [0.3, 0.4) is 0 Å². The van der Waals surface area contributed by atoms with Gasteiger partial charge in [0.15, 0.2) is 9.84 Å². The molecule has 110 valence electrons. The van der Waals surface area contributed by atoms with Crippen molar-refractivity contribution in [3.8, 4) is 0 Å². The minimum Gasteiger partial charge on any atom is -0.340 e. The Morgan fingerprint density at radius 3 is 2.42 bits per heavy atom. The van der Waals surface area contributed by atoms with Crippen molar-refractivity contribution in [1.82, 2.24) is 10.2 Å². The molecular weight excluding hydrogens is 268 g/mol. The fourth-order valence-electron chi connectivity index (χ4n) is 1.89. The highest BCUT2D eigenvalue weighted by Gasteiger charge is 2.41. The Morgan fingerprint density at radius 1 is 1.37 bits per heavy atom. The lowest BCUT2D eigenvalue weighted by Crippen LogP contribution is -2.65. The Bertz CT molecular complexity index is 472. The molecule has 19 heavy (non-hydrogen) atoms. The van der Waals surface area contributed by atoms with Crippen molar-refractivity contribution in [2.75, 3.05) is 18.8 Å². The minimum absolute atomic E-state index is 0.0674. The molecule has 0 aromatic heterocycles. The van der Waals surface area contributed by atoms with Gasteiger partial charge in [-0.3, -0.25) is 9.59 Å². The number of amides is 2. The van der Waals surface area contributed by atoms with E-state index in [1.807, 2.05) is 6.92 Å². The summed E-state index contributed by atoms with van der Waals surface area (Å²) in [5, 5.41) is 2.19. The van der Waals surface area contributed by atoms with E-state index in [0.29, 0.717) is 6.42 Å². The molecular formula is C12H22N2O4S. The van der Waals surface area contributed by atoms with Gasteiger partial charge in [0.1, 0.15) is 5.54 Å². The van der Waals surface area contributed by atoms with E-state index in [9.17, 15) is 18.0 Å². The van der Waals surface area contributed by atoms with Crippen LogP contribution < -0.4 is 5.32 Å². The maximum absolute atomic E-state index is 12.2. The van der Waals surface area contributed by atoms with E-state index in [1.165, 1.54) is 4.90 Å². The third kappa shape index (κ3) is 3.46. The molecule has 1 rings (SSSR count). The third-order valence-corrected chi connectivity index (χ3v) is 5.77. The van der Waals surface area contributed by atoms with Gasteiger partial charge in [0.05, 0.1) is 17.5 Å². The third-order valence-electron chi connectivity index (χ3n) is 3.58. The molecule has 1 unspecified atom stereocenters. The molecule has 0 bridgehead atoms. The number of nitrogens with one attached hydrogen (secondary N) is 1. The number of sulfone groups is 1. The number of hydrogen-bond acceptors (Lipinski definition) is 4. The first-order valence-corrected chi connectivity index (χ1v) is 8.16. The number of rotatable bonds is 5. The van der Waals surface area contributed by atoms with Gasteiger partial charge in [0, 0.05) is 6.54 Å². The monoisotopic (exact) mass is 290 g/mol. The number of carbonyl (C=O) groups excluding carboxylic acids is 2. The van der Waals surface area contributed by atoms with Gasteiger partial charge >= 0.3 is 0 Å². The molecule has 1 aliphatic heterocycles. The van der Waals surface area contributed by atoms with Crippen LogP contribution in [0.15, 0.2) is 0 Å².